The predicted octanol–water partition coefficient (Wildman–Crippen LogP) is 6.71. The number of aromatic nitrogens is 1. The molecule has 5 rings (SSSR count). The lowest BCUT2D eigenvalue weighted by Crippen LogP contribution is -2.25. The molecule has 1 aromatic heterocycles. The van der Waals surface area contributed by atoms with E-state index >= 15 is 0 Å². The van der Waals surface area contributed by atoms with Crippen molar-refractivity contribution >= 4 is 27.8 Å². The van der Waals surface area contributed by atoms with E-state index in [4.69, 9.17) is 4.98 Å². The fourth-order valence-corrected chi connectivity index (χ4v) is 5.19. The quantitative estimate of drug-likeness (QED) is 0.330. The third kappa shape index (κ3) is 4.26. The molecule has 0 amide bonds. The van der Waals surface area contributed by atoms with Crippen molar-refractivity contribution in [3.63, 3.8) is 0 Å². The number of benzene rings is 3. The highest BCUT2D eigenvalue weighted by atomic mass is 32.1. The van der Waals surface area contributed by atoms with Crippen LogP contribution in [-0.4, -0.2) is 25.1 Å². The summed E-state index contributed by atoms with van der Waals surface area (Å²) in [6.45, 7) is 1.87. The van der Waals surface area contributed by atoms with E-state index in [-0.39, 0.29) is 5.82 Å². The molecule has 0 unspecified atom stereocenters. The maximum absolute atomic E-state index is 13.2. The molecule has 3 aromatic carbocycles. The molecule has 0 fully saturated rings. The number of para-hydroxylation sites is 2. The average molecular weight is 444 g/mol. The number of thiazole rings is 1. The molecular formula is C27H26FN3S. The predicted molar refractivity (Wildman–Crippen MR) is 133 cm³/mol. The Labute approximate surface area is 192 Å². The van der Waals surface area contributed by atoms with Gasteiger partial charge in [-0.15, -0.1) is 11.3 Å². The Kier molecular flexibility index (Phi) is 5.91. The molecule has 3 nitrogen and oxygen atoms in total. The number of halogens is 1. The second-order valence-electron chi connectivity index (χ2n) is 8.21. The van der Waals surface area contributed by atoms with Crippen LogP contribution in [-0.2, 0) is 12.8 Å². The van der Waals surface area contributed by atoms with Gasteiger partial charge in [-0.1, -0.05) is 36.4 Å². The van der Waals surface area contributed by atoms with Gasteiger partial charge in [-0.25, -0.2) is 9.37 Å². The van der Waals surface area contributed by atoms with E-state index in [1.165, 1.54) is 34.6 Å². The van der Waals surface area contributed by atoms with E-state index in [1.807, 2.05) is 5.38 Å². The fourth-order valence-electron chi connectivity index (χ4n) is 4.37. The molecule has 32 heavy (non-hydrogen) atoms. The number of rotatable bonds is 6. The second-order valence-corrected chi connectivity index (χ2v) is 9.04. The van der Waals surface area contributed by atoms with Crippen molar-refractivity contribution in [1.82, 2.24) is 4.98 Å². The standard InChI is InChI=1S/C27H26FN3S/c1-30(27-29-24(19-32-27)20-13-15-23(28)16-14-20)17-6-18-31-25-9-4-2-7-21(25)11-12-22-8-3-5-10-26(22)31/h2-5,7-10,13-16,19H,6,11-12,17-18H2,1H3. The molecule has 5 heteroatoms. The van der Waals surface area contributed by atoms with Gasteiger partial charge in [0.05, 0.1) is 5.69 Å². The first-order valence-corrected chi connectivity index (χ1v) is 11.9. The Morgan fingerprint density at radius 2 is 1.53 bits per heavy atom. The highest BCUT2D eigenvalue weighted by molar-refractivity contribution is 7.14. The highest BCUT2D eigenvalue weighted by Crippen LogP contribution is 2.36. The molecule has 0 atom stereocenters. The normalized spacial score (nSPS) is 12.8. The molecule has 162 valence electrons. The molecule has 0 saturated carbocycles. The molecule has 1 aliphatic heterocycles. The van der Waals surface area contributed by atoms with Gasteiger partial charge in [0.1, 0.15) is 5.82 Å². The van der Waals surface area contributed by atoms with Crippen LogP contribution >= 0.6 is 11.3 Å². The summed E-state index contributed by atoms with van der Waals surface area (Å²) in [4.78, 5) is 9.47. The van der Waals surface area contributed by atoms with Crippen molar-refractivity contribution in [3.8, 4) is 11.3 Å². The zero-order chi connectivity index (χ0) is 21.9. The summed E-state index contributed by atoms with van der Waals surface area (Å²) in [7, 11) is 2.09. The zero-order valence-electron chi connectivity index (χ0n) is 18.2. The minimum atomic E-state index is -0.224. The largest absolute Gasteiger partial charge is 0.351 e. The first-order valence-electron chi connectivity index (χ1n) is 11.0. The summed E-state index contributed by atoms with van der Waals surface area (Å²) in [6.07, 6.45) is 3.17. The molecule has 1 aliphatic rings. The van der Waals surface area contributed by atoms with E-state index in [9.17, 15) is 4.39 Å². The lowest BCUT2D eigenvalue weighted by Gasteiger charge is -2.28. The van der Waals surface area contributed by atoms with E-state index in [2.05, 4.69) is 65.4 Å². The van der Waals surface area contributed by atoms with Gasteiger partial charge in [-0.3, -0.25) is 0 Å². The van der Waals surface area contributed by atoms with Gasteiger partial charge in [0.2, 0.25) is 0 Å². The van der Waals surface area contributed by atoms with Crippen molar-refractivity contribution in [2.24, 2.45) is 0 Å². The van der Waals surface area contributed by atoms with E-state index < -0.39 is 0 Å². The van der Waals surface area contributed by atoms with E-state index in [0.29, 0.717) is 0 Å². The minimum absolute atomic E-state index is 0.224. The Morgan fingerprint density at radius 1 is 0.906 bits per heavy atom. The molecule has 0 aliphatic carbocycles. The number of anilines is 3. The van der Waals surface area contributed by atoms with Gasteiger partial charge in [0.25, 0.3) is 0 Å². The van der Waals surface area contributed by atoms with Crippen LogP contribution in [0.25, 0.3) is 11.3 Å². The van der Waals surface area contributed by atoms with Crippen LogP contribution in [0.3, 0.4) is 0 Å². The SMILES string of the molecule is CN(CCCN1c2ccccc2CCc2ccccc21)c1nc(-c2ccc(F)cc2)cs1. The molecule has 4 aromatic rings. The Balaban J connectivity index is 1.29. The number of hydrogen-bond acceptors (Lipinski definition) is 4. The summed E-state index contributed by atoms with van der Waals surface area (Å²) in [5, 5.41) is 3.03. The van der Waals surface area contributed by atoms with E-state index in [1.54, 1.807) is 23.5 Å². The highest BCUT2D eigenvalue weighted by Gasteiger charge is 2.20. The van der Waals surface area contributed by atoms with E-state index in [0.717, 1.165) is 48.7 Å². The van der Waals surface area contributed by atoms with Gasteiger partial charge >= 0.3 is 0 Å². The smallest absolute Gasteiger partial charge is 0.185 e. The van der Waals surface area contributed by atoms with Gasteiger partial charge in [0.15, 0.2) is 5.13 Å². The third-order valence-electron chi connectivity index (χ3n) is 6.06. The summed E-state index contributed by atoms with van der Waals surface area (Å²) in [6, 6.07) is 24.1. The summed E-state index contributed by atoms with van der Waals surface area (Å²) >= 11 is 1.63. The van der Waals surface area contributed by atoms with Crippen molar-refractivity contribution in [1.29, 1.82) is 0 Å². The maximum atomic E-state index is 13.2. The molecule has 0 spiro atoms. The summed E-state index contributed by atoms with van der Waals surface area (Å²) < 4.78 is 13.2. The van der Waals surface area contributed by atoms with Crippen molar-refractivity contribution < 1.29 is 4.39 Å². The maximum Gasteiger partial charge on any atom is 0.185 e. The van der Waals surface area contributed by atoms with Crippen LogP contribution in [0.5, 0.6) is 0 Å². The number of nitrogens with zero attached hydrogens (tertiary/aromatic N) is 3. The lowest BCUT2D eigenvalue weighted by atomic mass is 10.0. The van der Waals surface area contributed by atoms with Crippen LogP contribution in [0.1, 0.15) is 17.5 Å². The zero-order valence-corrected chi connectivity index (χ0v) is 19.0. The monoisotopic (exact) mass is 443 g/mol. The second kappa shape index (κ2) is 9.13. The molecular weight excluding hydrogens is 417 g/mol. The molecule has 0 N–H and O–H groups in total. The molecule has 2 heterocycles. The van der Waals surface area contributed by atoms with Crippen LogP contribution < -0.4 is 9.80 Å². The molecule has 0 radical (unpaired) electrons. The van der Waals surface area contributed by atoms with Crippen molar-refractivity contribution in [2.75, 3.05) is 29.9 Å². The Bertz CT molecular complexity index is 1150. The Morgan fingerprint density at radius 3 is 2.19 bits per heavy atom. The van der Waals surface area contributed by atoms with Gasteiger partial charge < -0.3 is 9.80 Å². The summed E-state index contributed by atoms with van der Waals surface area (Å²) in [5.41, 5.74) is 7.33. The van der Waals surface area contributed by atoms with Crippen LogP contribution in [0.15, 0.2) is 78.2 Å². The molecule has 0 saturated heterocycles. The van der Waals surface area contributed by atoms with Crippen molar-refractivity contribution in [2.45, 2.75) is 19.3 Å². The third-order valence-corrected chi connectivity index (χ3v) is 7.02. The van der Waals surface area contributed by atoms with Crippen molar-refractivity contribution in [3.05, 3.63) is 95.1 Å². The minimum Gasteiger partial charge on any atom is -0.351 e. The lowest BCUT2D eigenvalue weighted by molar-refractivity contribution is 0.628. The Hall–Kier alpha value is -3.18. The number of fused-ring (bicyclic) bond motifs is 2. The fraction of sp³-hybridized carbons (Fsp3) is 0.222. The van der Waals surface area contributed by atoms with Gasteiger partial charge in [0, 0.05) is 42.5 Å². The van der Waals surface area contributed by atoms with Crippen LogP contribution in [0.4, 0.5) is 20.9 Å². The number of hydrogen-bond donors (Lipinski definition) is 0. The number of aryl methyl sites for hydroxylation is 2. The molecule has 0 bridgehead atoms. The van der Waals surface area contributed by atoms with Gasteiger partial charge in [-0.05, 0) is 66.8 Å². The average Bonchev–Trinajstić information content (AvgIpc) is 3.26. The van der Waals surface area contributed by atoms with Crippen LogP contribution in [0.2, 0.25) is 0 Å². The summed E-state index contributed by atoms with van der Waals surface area (Å²) in [5.74, 6) is -0.224. The first-order chi connectivity index (χ1) is 15.7. The topological polar surface area (TPSA) is 19.4 Å². The first kappa shape index (κ1) is 20.7. The van der Waals surface area contributed by atoms with Crippen LogP contribution in [0, 0.1) is 5.82 Å². The van der Waals surface area contributed by atoms with Gasteiger partial charge in [-0.2, -0.15) is 0 Å².